The van der Waals surface area contributed by atoms with Crippen molar-refractivity contribution in [3.63, 3.8) is 0 Å². The van der Waals surface area contributed by atoms with Crippen molar-refractivity contribution >= 4 is 35.1 Å². The molecule has 0 spiro atoms. The molecule has 0 bridgehead atoms. The average molecular weight is 385 g/mol. The fraction of sp³-hybridized carbons (Fsp3) is 0.263. The third-order valence-corrected chi connectivity index (χ3v) is 5.16. The number of anilines is 1. The van der Waals surface area contributed by atoms with Crippen molar-refractivity contribution in [3.05, 3.63) is 59.4 Å². The largest absolute Gasteiger partial charge is 0.349 e. The standard InChI is InChI=1S/C19H17ClN4O3/c20-13-1-3-15(4-2-13)24-18(26)16-11-14(7-10-23(16)19(24)27)22-17(25)12-5-8-21-9-6-12/h1-6,8-9,14,16H,7,10-11H2,(H,22,25)/t14-,16+/m0/s1. The number of halogens is 1. The molecule has 0 aliphatic carbocycles. The summed E-state index contributed by atoms with van der Waals surface area (Å²) in [4.78, 5) is 44.5. The molecule has 2 fully saturated rings. The van der Waals surface area contributed by atoms with Crippen LogP contribution in [-0.2, 0) is 4.79 Å². The normalized spacial score (nSPS) is 22.0. The molecule has 2 aromatic rings. The number of imide groups is 1. The minimum atomic E-state index is -0.565. The number of carbonyl (C=O) groups excluding carboxylic acids is 3. The van der Waals surface area contributed by atoms with Gasteiger partial charge in [-0.05, 0) is 49.2 Å². The van der Waals surface area contributed by atoms with Crippen LogP contribution in [0.5, 0.6) is 0 Å². The van der Waals surface area contributed by atoms with Crippen LogP contribution in [0.1, 0.15) is 23.2 Å². The van der Waals surface area contributed by atoms with Crippen LogP contribution in [0.15, 0.2) is 48.8 Å². The molecule has 7 nitrogen and oxygen atoms in total. The number of piperidine rings is 1. The van der Waals surface area contributed by atoms with E-state index >= 15 is 0 Å². The molecule has 2 aliphatic heterocycles. The van der Waals surface area contributed by atoms with Crippen LogP contribution in [0, 0.1) is 0 Å². The highest BCUT2D eigenvalue weighted by atomic mass is 35.5. The molecule has 27 heavy (non-hydrogen) atoms. The smallest absolute Gasteiger partial charge is 0.332 e. The molecule has 1 aromatic carbocycles. The molecule has 2 aliphatic rings. The number of benzene rings is 1. The first-order valence-electron chi connectivity index (χ1n) is 8.65. The Hall–Kier alpha value is -2.93. The number of amides is 4. The van der Waals surface area contributed by atoms with E-state index in [-0.39, 0.29) is 23.9 Å². The Labute approximate surface area is 160 Å². The maximum atomic E-state index is 12.8. The van der Waals surface area contributed by atoms with Crippen molar-refractivity contribution in [2.75, 3.05) is 11.4 Å². The molecule has 8 heteroatoms. The summed E-state index contributed by atoms with van der Waals surface area (Å²) < 4.78 is 0. The van der Waals surface area contributed by atoms with Gasteiger partial charge in [-0.2, -0.15) is 0 Å². The quantitative estimate of drug-likeness (QED) is 0.824. The predicted molar refractivity (Wildman–Crippen MR) is 99.6 cm³/mol. The monoisotopic (exact) mass is 384 g/mol. The lowest BCUT2D eigenvalue weighted by Crippen LogP contribution is -2.49. The summed E-state index contributed by atoms with van der Waals surface area (Å²) in [6.45, 7) is 0.417. The highest BCUT2D eigenvalue weighted by Gasteiger charge is 2.48. The van der Waals surface area contributed by atoms with Gasteiger partial charge in [0.25, 0.3) is 11.8 Å². The van der Waals surface area contributed by atoms with Gasteiger partial charge in [0.05, 0.1) is 5.69 Å². The topological polar surface area (TPSA) is 82.6 Å². The molecule has 138 valence electrons. The highest BCUT2D eigenvalue weighted by molar-refractivity contribution is 6.30. The Bertz CT molecular complexity index is 888. The first-order valence-corrected chi connectivity index (χ1v) is 9.03. The van der Waals surface area contributed by atoms with Crippen molar-refractivity contribution in [2.24, 2.45) is 0 Å². The maximum absolute atomic E-state index is 12.8. The molecule has 4 amide bonds. The molecular formula is C19H17ClN4O3. The van der Waals surface area contributed by atoms with E-state index in [9.17, 15) is 14.4 Å². The van der Waals surface area contributed by atoms with Gasteiger partial charge in [0.1, 0.15) is 6.04 Å². The van der Waals surface area contributed by atoms with Crippen LogP contribution in [0.2, 0.25) is 5.02 Å². The van der Waals surface area contributed by atoms with Crippen LogP contribution in [-0.4, -0.2) is 46.4 Å². The van der Waals surface area contributed by atoms with E-state index in [0.717, 1.165) is 0 Å². The van der Waals surface area contributed by atoms with E-state index in [1.165, 1.54) is 4.90 Å². The van der Waals surface area contributed by atoms with Crippen molar-refractivity contribution in [2.45, 2.75) is 24.9 Å². The molecule has 4 rings (SSSR count). The van der Waals surface area contributed by atoms with E-state index in [1.807, 2.05) is 0 Å². The molecule has 0 saturated carbocycles. The second-order valence-corrected chi connectivity index (χ2v) is 7.01. The van der Waals surface area contributed by atoms with Crippen molar-refractivity contribution in [3.8, 4) is 0 Å². The van der Waals surface area contributed by atoms with Gasteiger partial charge in [-0.25, -0.2) is 9.69 Å². The Morgan fingerprint density at radius 2 is 1.81 bits per heavy atom. The van der Waals surface area contributed by atoms with Gasteiger partial charge in [0.2, 0.25) is 0 Å². The van der Waals surface area contributed by atoms with Crippen LogP contribution >= 0.6 is 11.6 Å². The van der Waals surface area contributed by atoms with Gasteiger partial charge >= 0.3 is 6.03 Å². The Balaban J connectivity index is 1.48. The zero-order valence-electron chi connectivity index (χ0n) is 14.3. The summed E-state index contributed by atoms with van der Waals surface area (Å²) >= 11 is 5.89. The SMILES string of the molecule is O=C(N[C@H]1CCN2C(=O)N(c3ccc(Cl)cc3)C(=O)[C@H]2C1)c1ccncc1. The number of aromatic nitrogens is 1. The number of hydrogen-bond donors (Lipinski definition) is 1. The van der Waals surface area contributed by atoms with Gasteiger partial charge in [-0.15, -0.1) is 0 Å². The van der Waals surface area contributed by atoms with Gasteiger partial charge in [-0.1, -0.05) is 11.6 Å². The Kier molecular flexibility index (Phi) is 4.53. The van der Waals surface area contributed by atoms with Crippen LogP contribution < -0.4 is 10.2 Å². The number of nitrogens with zero attached hydrogens (tertiary/aromatic N) is 3. The number of urea groups is 1. The first kappa shape index (κ1) is 17.5. The van der Waals surface area contributed by atoms with E-state index in [2.05, 4.69) is 10.3 Å². The third kappa shape index (κ3) is 3.26. The second-order valence-electron chi connectivity index (χ2n) is 6.57. The lowest BCUT2D eigenvalue weighted by Gasteiger charge is -2.32. The van der Waals surface area contributed by atoms with Gasteiger partial charge in [-0.3, -0.25) is 14.6 Å². The second kappa shape index (κ2) is 7.00. The summed E-state index contributed by atoms with van der Waals surface area (Å²) in [6, 6.07) is 8.80. The first-order chi connectivity index (χ1) is 13.0. The predicted octanol–water partition coefficient (Wildman–Crippen LogP) is 2.46. The third-order valence-electron chi connectivity index (χ3n) is 4.91. The molecule has 1 N–H and O–H groups in total. The number of hydrogen-bond acceptors (Lipinski definition) is 4. The highest BCUT2D eigenvalue weighted by Crippen LogP contribution is 2.31. The molecule has 0 unspecified atom stereocenters. The zero-order valence-corrected chi connectivity index (χ0v) is 15.1. The summed E-state index contributed by atoms with van der Waals surface area (Å²) in [6.07, 6.45) is 4.10. The summed E-state index contributed by atoms with van der Waals surface area (Å²) in [5.74, 6) is -0.479. The molecule has 0 radical (unpaired) electrons. The van der Waals surface area contributed by atoms with Crippen molar-refractivity contribution in [1.82, 2.24) is 15.2 Å². The van der Waals surface area contributed by atoms with E-state index in [4.69, 9.17) is 11.6 Å². The summed E-state index contributed by atoms with van der Waals surface area (Å²) in [7, 11) is 0. The number of rotatable bonds is 3. The number of nitrogens with one attached hydrogen (secondary N) is 1. The van der Waals surface area contributed by atoms with Crippen molar-refractivity contribution in [1.29, 1.82) is 0 Å². The fourth-order valence-electron chi connectivity index (χ4n) is 3.53. The summed E-state index contributed by atoms with van der Waals surface area (Å²) in [5, 5.41) is 3.49. The van der Waals surface area contributed by atoms with Crippen LogP contribution in [0.3, 0.4) is 0 Å². The van der Waals surface area contributed by atoms with Gasteiger partial charge in [0, 0.05) is 35.6 Å². The van der Waals surface area contributed by atoms with Gasteiger partial charge in [0.15, 0.2) is 0 Å². The van der Waals surface area contributed by atoms with Crippen LogP contribution in [0.4, 0.5) is 10.5 Å². The van der Waals surface area contributed by atoms with Gasteiger partial charge < -0.3 is 10.2 Å². The van der Waals surface area contributed by atoms with E-state index in [0.29, 0.717) is 35.7 Å². The maximum Gasteiger partial charge on any atom is 0.332 e. The van der Waals surface area contributed by atoms with E-state index < -0.39 is 6.04 Å². The molecule has 3 heterocycles. The number of pyridine rings is 1. The Morgan fingerprint density at radius 1 is 1.11 bits per heavy atom. The molecule has 2 saturated heterocycles. The molecular weight excluding hydrogens is 368 g/mol. The van der Waals surface area contributed by atoms with Crippen LogP contribution in [0.25, 0.3) is 0 Å². The fourth-order valence-corrected chi connectivity index (χ4v) is 3.66. The number of carbonyl (C=O) groups is 3. The summed E-state index contributed by atoms with van der Waals surface area (Å²) in [5.41, 5.74) is 1.02. The zero-order chi connectivity index (χ0) is 19.0. The molecule has 2 atom stereocenters. The average Bonchev–Trinajstić information content (AvgIpc) is 2.93. The minimum absolute atomic E-state index is 0.172. The Morgan fingerprint density at radius 3 is 2.52 bits per heavy atom. The van der Waals surface area contributed by atoms with E-state index in [1.54, 1.807) is 53.7 Å². The lowest BCUT2D eigenvalue weighted by molar-refractivity contribution is -0.120. The molecule has 1 aromatic heterocycles. The lowest BCUT2D eigenvalue weighted by atomic mass is 9.97. The number of fused-ring (bicyclic) bond motifs is 1. The van der Waals surface area contributed by atoms with Crippen molar-refractivity contribution < 1.29 is 14.4 Å². The minimum Gasteiger partial charge on any atom is -0.349 e.